The minimum absolute atomic E-state index is 0.113. The summed E-state index contributed by atoms with van der Waals surface area (Å²) < 4.78 is 27.0. The van der Waals surface area contributed by atoms with Gasteiger partial charge >= 0.3 is 0 Å². The van der Waals surface area contributed by atoms with Gasteiger partial charge in [0.25, 0.3) is 5.91 Å². The van der Waals surface area contributed by atoms with Crippen LogP contribution in [-0.4, -0.2) is 32.3 Å². The van der Waals surface area contributed by atoms with Crippen LogP contribution in [0.1, 0.15) is 36.2 Å². The molecule has 0 aliphatic heterocycles. The molecule has 6 heteroatoms. The predicted octanol–water partition coefficient (Wildman–Crippen LogP) is 3.04. The molecule has 1 amide bonds. The molecule has 0 aliphatic rings. The summed E-state index contributed by atoms with van der Waals surface area (Å²) in [6.07, 6.45) is 0.707. The van der Waals surface area contributed by atoms with Crippen molar-refractivity contribution in [3.63, 3.8) is 0 Å². The molecule has 0 saturated heterocycles. The van der Waals surface area contributed by atoms with Gasteiger partial charge in [-0.05, 0) is 37.1 Å². The van der Waals surface area contributed by atoms with Crippen LogP contribution in [0.4, 0.5) is 0 Å². The smallest absolute Gasteiger partial charge is 0.254 e. The van der Waals surface area contributed by atoms with Crippen LogP contribution in [-0.2, 0) is 16.6 Å². The normalized spacial score (nSPS) is 11.3. The Morgan fingerprint density at radius 2 is 1.76 bits per heavy atom. The van der Waals surface area contributed by atoms with Crippen molar-refractivity contribution in [3.05, 3.63) is 65.7 Å². The number of carbonyl (C=O) groups excluding carboxylic acids is 1. The van der Waals surface area contributed by atoms with Crippen LogP contribution >= 0.6 is 0 Å². The Morgan fingerprint density at radius 3 is 2.40 bits per heavy atom. The average molecular weight is 360 g/mol. The van der Waals surface area contributed by atoms with Crippen molar-refractivity contribution in [3.8, 4) is 0 Å². The lowest BCUT2D eigenvalue weighted by molar-refractivity contribution is 0.0752. The molecule has 25 heavy (non-hydrogen) atoms. The van der Waals surface area contributed by atoms with E-state index in [0.29, 0.717) is 31.6 Å². The first-order valence-electron chi connectivity index (χ1n) is 8.41. The van der Waals surface area contributed by atoms with E-state index in [1.54, 1.807) is 17.0 Å². The Hall–Kier alpha value is -2.18. The Kier molecular flexibility index (Phi) is 6.73. The summed E-state index contributed by atoms with van der Waals surface area (Å²) in [5.74, 6) is -0.182. The van der Waals surface area contributed by atoms with E-state index >= 15 is 0 Å². The highest BCUT2D eigenvalue weighted by Gasteiger charge is 2.18. The second-order valence-electron chi connectivity index (χ2n) is 5.73. The third-order valence-corrected chi connectivity index (χ3v) is 5.28. The molecule has 0 atom stereocenters. The number of benzene rings is 2. The van der Waals surface area contributed by atoms with E-state index in [4.69, 9.17) is 0 Å². The predicted molar refractivity (Wildman–Crippen MR) is 98.8 cm³/mol. The summed E-state index contributed by atoms with van der Waals surface area (Å²) in [5, 5.41) is 0. The number of sulfonamides is 1. The molecule has 2 rings (SSSR count). The second kappa shape index (κ2) is 8.78. The molecule has 134 valence electrons. The van der Waals surface area contributed by atoms with Crippen LogP contribution in [0, 0.1) is 0 Å². The van der Waals surface area contributed by atoms with Crippen molar-refractivity contribution in [1.82, 2.24) is 9.62 Å². The van der Waals surface area contributed by atoms with Gasteiger partial charge in [0.05, 0.1) is 4.90 Å². The van der Waals surface area contributed by atoms with E-state index < -0.39 is 10.0 Å². The molecule has 0 heterocycles. The zero-order valence-electron chi connectivity index (χ0n) is 14.6. The van der Waals surface area contributed by atoms with Crippen molar-refractivity contribution in [2.45, 2.75) is 31.7 Å². The summed E-state index contributed by atoms with van der Waals surface area (Å²) in [6, 6.07) is 15.9. The lowest BCUT2D eigenvalue weighted by Gasteiger charge is -2.21. The molecule has 2 aromatic rings. The van der Waals surface area contributed by atoms with Crippen LogP contribution in [0.2, 0.25) is 0 Å². The topological polar surface area (TPSA) is 66.5 Å². The highest BCUT2D eigenvalue weighted by atomic mass is 32.2. The van der Waals surface area contributed by atoms with E-state index in [0.717, 1.165) is 5.56 Å². The van der Waals surface area contributed by atoms with Gasteiger partial charge in [-0.3, -0.25) is 4.79 Å². The van der Waals surface area contributed by atoms with Crippen LogP contribution in [0.25, 0.3) is 0 Å². The SMILES string of the molecule is CCCNS(=O)(=O)c1cccc(C(=O)N(CC)Cc2ccccc2)c1. The zero-order valence-corrected chi connectivity index (χ0v) is 15.4. The van der Waals surface area contributed by atoms with Gasteiger partial charge in [0.1, 0.15) is 0 Å². The molecule has 1 N–H and O–H groups in total. The monoisotopic (exact) mass is 360 g/mol. The number of hydrogen-bond donors (Lipinski definition) is 1. The number of nitrogens with one attached hydrogen (secondary N) is 1. The summed E-state index contributed by atoms with van der Waals surface area (Å²) in [4.78, 5) is 14.6. The summed E-state index contributed by atoms with van der Waals surface area (Å²) >= 11 is 0. The maximum Gasteiger partial charge on any atom is 0.254 e. The number of amides is 1. The van der Waals surface area contributed by atoms with Crippen LogP contribution in [0.15, 0.2) is 59.5 Å². The van der Waals surface area contributed by atoms with Gasteiger partial charge in [-0.15, -0.1) is 0 Å². The van der Waals surface area contributed by atoms with E-state index in [1.165, 1.54) is 12.1 Å². The first kappa shape index (κ1) is 19.1. The molecule has 5 nitrogen and oxygen atoms in total. The standard InChI is InChI=1S/C19H24N2O3S/c1-3-13-20-25(23,24)18-12-8-11-17(14-18)19(22)21(4-2)15-16-9-6-5-7-10-16/h5-12,14,20H,3-4,13,15H2,1-2H3. The van der Waals surface area contributed by atoms with Gasteiger partial charge in [0.2, 0.25) is 10.0 Å². The molecule has 2 aromatic carbocycles. The third-order valence-electron chi connectivity index (χ3n) is 3.82. The maximum absolute atomic E-state index is 12.8. The van der Waals surface area contributed by atoms with Gasteiger partial charge < -0.3 is 4.90 Å². The molecule has 0 spiro atoms. The molecule has 0 aliphatic carbocycles. The van der Waals surface area contributed by atoms with Crippen LogP contribution in [0.3, 0.4) is 0 Å². The zero-order chi connectivity index (χ0) is 18.3. The number of nitrogens with zero attached hydrogens (tertiary/aromatic N) is 1. The lowest BCUT2D eigenvalue weighted by Crippen LogP contribution is -2.30. The first-order valence-corrected chi connectivity index (χ1v) is 9.89. The Bertz CT molecular complexity index is 804. The molecule has 0 aromatic heterocycles. The minimum Gasteiger partial charge on any atom is -0.335 e. The number of hydrogen-bond acceptors (Lipinski definition) is 3. The summed E-state index contributed by atoms with van der Waals surface area (Å²) in [5.41, 5.74) is 1.41. The summed E-state index contributed by atoms with van der Waals surface area (Å²) in [7, 11) is -3.59. The first-order chi connectivity index (χ1) is 12.0. The van der Waals surface area contributed by atoms with Crippen molar-refractivity contribution in [1.29, 1.82) is 0 Å². The molecule has 0 saturated carbocycles. The van der Waals surface area contributed by atoms with Crippen molar-refractivity contribution >= 4 is 15.9 Å². The number of rotatable bonds is 8. The molecular weight excluding hydrogens is 336 g/mol. The fourth-order valence-electron chi connectivity index (χ4n) is 2.43. The van der Waals surface area contributed by atoms with Crippen LogP contribution in [0.5, 0.6) is 0 Å². The Morgan fingerprint density at radius 1 is 1.04 bits per heavy atom. The molecular formula is C19H24N2O3S. The van der Waals surface area contributed by atoms with E-state index in [-0.39, 0.29) is 10.8 Å². The van der Waals surface area contributed by atoms with Crippen LogP contribution < -0.4 is 4.72 Å². The fraction of sp³-hybridized carbons (Fsp3) is 0.316. The van der Waals surface area contributed by atoms with E-state index in [1.807, 2.05) is 44.2 Å². The Balaban J connectivity index is 2.22. The molecule has 0 bridgehead atoms. The highest BCUT2D eigenvalue weighted by Crippen LogP contribution is 2.15. The van der Waals surface area contributed by atoms with Crippen molar-refractivity contribution < 1.29 is 13.2 Å². The molecule has 0 radical (unpaired) electrons. The van der Waals surface area contributed by atoms with Gasteiger partial charge in [0.15, 0.2) is 0 Å². The second-order valence-corrected chi connectivity index (χ2v) is 7.50. The van der Waals surface area contributed by atoms with Gasteiger partial charge in [-0.2, -0.15) is 0 Å². The maximum atomic E-state index is 12.8. The fourth-order valence-corrected chi connectivity index (χ4v) is 3.61. The quantitative estimate of drug-likeness (QED) is 0.787. The van der Waals surface area contributed by atoms with Gasteiger partial charge in [-0.25, -0.2) is 13.1 Å². The van der Waals surface area contributed by atoms with Gasteiger partial charge in [-0.1, -0.05) is 43.3 Å². The third kappa shape index (κ3) is 5.14. The van der Waals surface area contributed by atoms with Crippen molar-refractivity contribution in [2.75, 3.05) is 13.1 Å². The Labute approximate surface area is 149 Å². The van der Waals surface area contributed by atoms with Gasteiger partial charge in [0, 0.05) is 25.2 Å². The molecule has 0 fully saturated rings. The minimum atomic E-state index is -3.59. The summed E-state index contributed by atoms with van der Waals surface area (Å²) in [6.45, 7) is 5.20. The average Bonchev–Trinajstić information content (AvgIpc) is 2.65. The lowest BCUT2D eigenvalue weighted by atomic mass is 10.1. The highest BCUT2D eigenvalue weighted by molar-refractivity contribution is 7.89. The van der Waals surface area contributed by atoms with Crippen molar-refractivity contribution in [2.24, 2.45) is 0 Å². The van der Waals surface area contributed by atoms with E-state index in [2.05, 4.69) is 4.72 Å². The largest absolute Gasteiger partial charge is 0.335 e. The number of carbonyl (C=O) groups is 1. The molecule has 0 unspecified atom stereocenters. The van der Waals surface area contributed by atoms with E-state index in [9.17, 15) is 13.2 Å².